The number of aliphatic hydroxyl groups is 1. The molecule has 0 aliphatic heterocycles. The smallest absolute Gasteiger partial charge is 0.316 e. The van der Waals surface area contributed by atoms with Gasteiger partial charge in [0, 0.05) is 18.4 Å². The van der Waals surface area contributed by atoms with Crippen molar-refractivity contribution in [2.45, 2.75) is 91.0 Å². The first-order valence-corrected chi connectivity index (χ1v) is 13.7. The van der Waals surface area contributed by atoms with Crippen molar-refractivity contribution in [2.24, 2.45) is 40.4 Å². The highest BCUT2D eigenvalue weighted by atomic mass is 127. The zero-order chi connectivity index (χ0) is 22.6. The predicted molar refractivity (Wildman–Crippen MR) is 127 cm³/mol. The van der Waals surface area contributed by atoms with Gasteiger partial charge in [0.05, 0.1) is 16.6 Å². The van der Waals surface area contributed by atoms with Crippen LogP contribution >= 0.6 is 22.6 Å². The number of hydrogen-bond donors (Lipinski definition) is 1. The zero-order valence-corrected chi connectivity index (χ0v) is 21.6. The fourth-order valence-electron chi connectivity index (χ4n) is 8.71. The second-order valence-electron chi connectivity index (χ2n) is 11.2. The monoisotopic (exact) mass is 546 g/mol. The molecular weight excluding hydrogens is 507 g/mol. The summed E-state index contributed by atoms with van der Waals surface area (Å²) >= 11 is 2.08. The number of ketones is 1. The minimum Gasteiger partial charge on any atom is -0.461 e. The van der Waals surface area contributed by atoms with Crippen LogP contribution in [0.3, 0.4) is 0 Å². The van der Waals surface area contributed by atoms with Gasteiger partial charge in [0.2, 0.25) is 0 Å². The van der Waals surface area contributed by atoms with E-state index in [4.69, 9.17) is 9.47 Å². The molecule has 0 amide bonds. The van der Waals surface area contributed by atoms with Gasteiger partial charge in [0.25, 0.3) is 0 Å². The van der Waals surface area contributed by atoms with Gasteiger partial charge in [0.1, 0.15) is 11.9 Å². The standard InChI is InChI=1S/C25H39IO5/c1-5-30-20-11-24(3)15(10-19(20)28)6-7-16-18-9-8-17(14(2)27)25(18,4)12-21(23(16)24)31-22(29)13-26/h15-21,23,28H,5-13H2,1-4H3/t15-,16-,17+,18-,19-,20-,21-,23+,24-,25+/m0/s1. The number of carbonyl (C=O) groups is 2. The molecule has 0 unspecified atom stereocenters. The Labute approximate surface area is 200 Å². The molecule has 6 heteroatoms. The number of halogens is 1. The molecule has 0 heterocycles. The molecule has 0 saturated heterocycles. The average Bonchev–Trinajstić information content (AvgIpc) is 3.05. The van der Waals surface area contributed by atoms with Crippen molar-refractivity contribution in [1.29, 1.82) is 0 Å². The van der Waals surface area contributed by atoms with E-state index in [1.807, 2.05) is 6.92 Å². The first-order valence-electron chi connectivity index (χ1n) is 12.2. The second-order valence-corrected chi connectivity index (χ2v) is 12.0. The topological polar surface area (TPSA) is 72.8 Å². The number of aliphatic hydroxyl groups excluding tert-OH is 1. The number of esters is 1. The summed E-state index contributed by atoms with van der Waals surface area (Å²) in [7, 11) is 0. The van der Waals surface area contributed by atoms with Gasteiger partial charge in [-0.15, -0.1) is 0 Å². The van der Waals surface area contributed by atoms with Gasteiger partial charge in [-0.3, -0.25) is 9.59 Å². The maximum absolute atomic E-state index is 12.5. The molecule has 0 aromatic heterocycles. The molecule has 0 aromatic carbocycles. The number of ether oxygens (including phenoxy) is 2. The summed E-state index contributed by atoms with van der Waals surface area (Å²) in [5, 5.41) is 10.7. The third kappa shape index (κ3) is 3.90. The highest BCUT2D eigenvalue weighted by molar-refractivity contribution is 14.1. The van der Waals surface area contributed by atoms with Crippen LogP contribution in [0.25, 0.3) is 0 Å². The average molecular weight is 546 g/mol. The van der Waals surface area contributed by atoms with E-state index in [-0.39, 0.29) is 40.8 Å². The van der Waals surface area contributed by atoms with E-state index in [1.54, 1.807) is 6.92 Å². The Morgan fingerprint density at radius 2 is 1.77 bits per heavy atom. The zero-order valence-electron chi connectivity index (χ0n) is 19.4. The Balaban J connectivity index is 1.72. The lowest BCUT2D eigenvalue weighted by Gasteiger charge is -2.63. The molecule has 176 valence electrons. The van der Waals surface area contributed by atoms with Crippen molar-refractivity contribution in [2.75, 3.05) is 11.0 Å². The molecule has 1 N–H and O–H groups in total. The predicted octanol–water partition coefficient (Wildman–Crippen LogP) is 4.57. The molecule has 0 radical (unpaired) electrons. The van der Waals surface area contributed by atoms with Gasteiger partial charge in [0.15, 0.2) is 0 Å². The van der Waals surface area contributed by atoms with Crippen LogP contribution in [0.5, 0.6) is 0 Å². The van der Waals surface area contributed by atoms with Crippen LogP contribution in [0.15, 0.2) is 0 Å². The van der Waals surface area contributed by atoms with E-state index in [9.17, 15) is 14.7 Å². The Morgan fingerprint density at radius 1 is 1.06 bits per heavy atom. The Hall–Kier alpha value is -0.210. The summed E-state index contributed by atoms with van der Waals surface area (Å²) in [6, 6.07) is 0. The Morgan fingerprint density at radius 3 is 2.42 bits per heavy atom. The first-order chi connectivity index (χ1) is 14.7. The lowest BCUT2D eigenvalue weighted by Crippen LogP contribution is -2.62. The molecule has 31 heavy (non-hydrogen) atoms. The van der Waals surface area contributed by atoms with E-state index >= 15 is 0 Å². The van der Waals surface area contributed by atoms with E-state index in [0.29, 0.717) is 34.6 Å². The fourth-order valence-corrected chi connectivity index (χ4v) is 8.89. The van der Waals surface area contributed by atoms with Crippen molar-refractivity contribution in [3.8, 4) is 0 Å². The molecule has 0 aromatic rings. The Bertz CT molecular complexity index is 712. The molecule has 4 fully saturated rings. The third-order valence-electron chi connectivity index (χ3n) is 9.83. The summed E-state index contributed by atoms with van der Waals surface area (Å²) in [6.45, 7) is 8.99. The first kappa shape index (κ1) is 23.9. The van der Waals surface area contributed by atoms with Gasteiger partial charge < -0.3 is 14.6 Å². The number of hydrogen-bond acceptors (Lipinski definition) is 5. The SMILES string of the molecule is CCO[C@H]1C[C@@]2(C)[C@@H](CC[C@@H]3[C@@H]2[C@@H](OC(=O)CI)C[C@]2(C)[C@@H](C(C)=O)CC[C@@H]32)C[C@@H]1O. The Kier molecular flexibility index (Phi) is 6.84. The fraction of sp³-hybridized carbons (Fsp3) is 0.920. The third-order valence-corrected chi connectivity index (χ3v) is 10.5. The molecule has 10 atom stereocenters. The molecule has 4 saturated carbocycles. The van der Waals surface area contributed by atoms with Crippen LogP contribution in [0.2, 0.25) is 0 Å². The number of alkyl halides is 1. The summed E-state index contributed by atoms with van der Waals surface area (Å²) < 4.78 is 12.5. The summed E-state index contributed by atoms with van der Waals surface area (Å²) in [4.78, 5) is 25.0. The molecule has 4 rings (SSSR count). The van der Waals surface area contributed by atoms with Gasteiger partial charge >= 0.3 is 5.97 Å². The lowest BCUT2D eigenvalue weighted by molar-refractivity contribution is -0.212. The van der Waals surface area contributed by atoms with Gasteiger partial charge in [-0.05, 0) is 87.4 Å². The molecule has 4 aliphatic rings. The number of rotatable bonds is 5. The van der Waals surface area contributed by atoms with Crippen LogP contribution in [-0.4, -0.2) is 46.2 Å². The number of carbonyl (C=O) groups excluding carboxylic acids is 2. The van der Waals surface area contributed by atoms with Gasteiger partial charge in [-0.25, -0.2) is 0 Å². The van der Waals surface area contributed by atoms with Crippen LogP contribution in [0, 0.1) is 40.4 Å². The van der Waals surface area contributed by atoms with Gasteiger partial charge in [-0.1, -0.05) is 36.4 Å². The maximum Gasteiger partial charge on any atom is 0.316 e. The molecular formula is C25H39IO5. The van der Waals surface area contributed by atoms with E-state index < -0.39 is 6.10 Å². The quantitative estimate of drug-likeness (QED) is 0.311. The highest BCUT2D eigenvalue weighted by Gasteiger charge is 2.65. The minimum absolute atomic E-state index is 0.0200. The molecule has 5 nitrogen and oxygen atoms in total. The normalized spacial score (nSPS) is 49.0. The van der Waals surface area contributed by atoms with Crippen molar-refractivity contribution in [1.82, 2.24) is 0 Å². The number of fused-ring (bicyclic) bond motifs is 5. The summed E-state index contributed by atoms with van der Waals surface area (Å²) in [5.41, 5.74) is -0.103. The van der Waals surface area contributed by atoms with E-state index in [1.165, 1.54) is 0 Å². The molecule has 0 spiro atoms. The highest BCUT2D eigenvalue weighted by Crippen LogP contribution is 2.68. The van der Waals surface area contributed by atoms with Crippen molar-refractivity contribution >= 4 is 34.3 Å². The van der Waals surface area contributed by atoms with E-state index in [2.05, 4.69) is 36.4 Å². The molecule has 0 bridgehead atoms. The largest absolute Gasteiger partial charge is 0.461 e. The lowest BCUT2D eigenvalue weighted by atomic mass is 9.43. The minimum atomic E-state index is -0.410. The molecule has 4 aliphatic carbocycles. The number of Topliss-reactive ketones (excluding diaryl/α,β-unsaturated/α-hetero) is 1. The van der Waals surface area contributed by atoms with Crippen molar-refractivity contribution < 1.29 is 24.2 Å². The summed E-state index contributed by atoms with van der Waals surface area (Å²) in [6.07, 6.45) is 5.97. The van der Waals surface area contributed by atoms with E-state index in [0.717, 1.165) is 44.9 Å². The van der Waals surface area contributed by atoms with Crippen molar-refractivity contribution in [3.63, 3.8) is 0 Å². The van der Waals surface area contributed by atoms with Crippen LogP contribution in [0.4, 0.5) is 0 Å². The summed E-state index contributed by atoms with van der Waals surface area (Å²) in [5.74, 6) is 1.90. The van der Waals surface area contributed by atoms with Crippen molar-refractivity contribution in [3.05, 3.63) is 0 Å². The maximum atomic E-state index is 12.5. The van der Waals surface area contributed by atoms with Gasteiger partial charge in [-0.2, -0.15) is 0 Å². The van der Waals surface area contributed by atoms with Crippen LogP contribution in [-0.2, 0) is 19.1 Å². The van der Waals surface area contributed by atoms with Crippen LogP contribution < -0.4 is 0 Å². The van der Waals surface area contributed by atoms with Crippen LogP contribution in [0.1, 0.15) is 72.6 Å². The second kappa shape index (κ2) is 8.86.